The van der Waals surface area contributed by atoms with Crippen LogP contribution in [0.15, 0.2) is 59.1 Å². The van der Waals surface area contributed by atoms with Crippen molar-refractivity contribution in [3.8, 4) is 5.75 Å². The Morgan fingerprint density at radius 3 is 2.52 bits per heavy atom. The van der Waals surface area contributed by atoms with E-state index in [0.717, 1.165) is 32.7 Å². The van der Waals surface area contributed by atoms with Gasteiger partial charge < -0.3 is 4.74 Å². The summed E-state index contributed by atoms with van der Waals surface area (Å²) in [5, 5.41) is 4.52. The van der Waals surface area contributed by atoms with Crippen molar-refractivity contribution >= 4 is 27.8 Å². The van der Waals surface area contributed by atoms with Gasteiger partial charge in [-0.2, -0.15) is 5.10 Å². The van der Waals surface area contributed by atoms with E-state index in [1.807, 2.05) is 61.0 Å². The lowest BCUT2D eigenvalue weighted by Gasteiger charge is -2.11. The number of aryl methyl sites for hydroxylation is 2. The lowest BCUT2D eigenvalue weighted by Crippen LogP contribution is -2.05. The molecule has 0 aliphatic carbocycles. The number of ether oxygens (including phenoxy) is 1. The molecule has 0 fully saturated rings. The molecule has 0 spiro atoms. The largest absolute Gasteiger partial charge is 0.496 e. The summed E-state index contributed by atoms with van der Waals surface area (Å²) in [6.07, 6.45) is 3.42. The third kappa shape index (κ3) is 4.74. The van der Waals surface area contributed by atoms with E-state index >= 15 is 0 Å². The van der Waals surface area contributed by atoms with E-state index in [1.54, 1.807) is 25.3 Å². The van der Waals surface area contributed by atoms with Crippen molar-refractivity contribution in [2.75, 3.05) is 7.11 Å². The fourth-order valence-electron chi connectivity index (χ4n) is 2.90. The van der Waals surface area contributed by atoms with Crippen LogP contribution in [0, 0.1) is 13.8 Å². The lowest BCUT2D eigenvalue weighted by molar-refractivity contribution is 0.104. The fourth-order valence-corrected chi connectivity index (χ4v) is 3.17. The second-order valence-corrected chi connectivity index (χ2v) is 7.28. The number of nitrogens with zero attached hydrogens (tertiary/aromatic N) is 2. The van der Waals surface area contributed by atoms with Crippen LogP contribution >= 0.6 is 15.9 Å². The van der Waals surface area contributed by atoms with Gasteiger partial charge in [0.25, 0.3) is 0 Å². The van der Waals surface area contributed by atoms with Gasteiger partial charge in [-0.3, -0.25) is 9.48 Å². The van der Waals surface area contributed by atoms with Crippen molar-refractivity contribution in [2.24, 2.45) is 0 Å². The van der Waals surface area contributed by atoms with Gasteiger partial charge >= 0.3 is 0 Å². The third-order valence-corrected chi connectivity index (χ3v) is 4.81. The Kier molecular flexibility index (Phi) is 5.91. The highest BCUT2D eigenvalue weighted by atomic mass is 79.9. The number of halogens is 1. The van der Waals surface area contributed by atoms with Crippen molar-refractivity contribution < 1.29 is 9.53 Å². The van der Waals surface area contributed by atoms with Crippen molar-refractivity contribution in [3.63, 3.8) is 0 Å². The predicted octanol–water partition coefficient (Wildman–Crippen LogP) is 5.22. The number of hydrogen-bond donors (Lipinski definition) is 0. The first kappa shape index (κ1) is 19.1. The van der Waals surface area contributed by atoms with Gasteiger partial charge in [0.1, 0.15) is 5.75 Å². The van der Waals surface area contributed by atoms with E-state index in [0.29, 0.717) is 12.1 Å². The molecule has 3 rings (SSSR count). The van der Waals surface area contributed by atoms with Gasteiger partial charge in [-0.05, 0) is 68.0 Å². The summed E-state index contributed by atoms with van der Waals surface area (Å²) in [4.78, 5) is 12.3. The van der Waals surface area contributed by atoms with Crippen LogP contribution in [-0.2, 0) is 6.54 Å². The number of carbonyl (C=O) groups is 1. The Bertz CT molecular complexity index is 988. The normalized spacial score (nSPS) is 11.1. The zero-order chi connectivity index (χ0) is 19.4. The number of allylic oxidation sites excluding steroid dienone is 1. The van der Waals surface area contributed by atoms with Crippen LogP contribution < -0.4 is 4.74 Å². The summed E-state index contributed by atoms with van der Waals surface area (Å²) in [6, 6.07) is 15.3. The van der Waals surface area contributed by atoms with Gasteiger partial charge in [0.2, 0.25) is 0 Å². The molecular formula is C22H21BrN2O2. The van der Waals surface area contributed by atoms with Crippen molar-refractivity contribution in [1.82, 2.24) is 9.78 Å². The molecule has 0 unspecified atom stereocenters. The Labute approximate surface area is 167 Å². The third-order valence-electron chi connectivity index (χ3n) is 4.28. The first-order chi connectivity index (χ1) is 13.0. The predicted molar refractivity (Wildman–Crippen MR) is 111 cm³/mol. The molecule has 0 bridgehead atoms. The Hall–Kier alpha value is -2.66. The van der Waals surface area contributed by atoms with Gasteiger partial charge in [-0.1, -0.05) is 28.1 Å². The van der Waals surface area contributed by atoms with Gasteiger partial charge in [0.15, 0.2) is 5.78 Å². The van der Waals surface area contributed by atoms with Crippen LogP contribution in [0.4, 0.5) is 0 Å². The van der Waals surface area contributed by atoms with E-state index in [4.69, 9.17) is 4.74 Å². The smallest absolute Gasteiger partial charge is 0.185 e. The molecule has 0 N–H and O–H groups in total. The molecule has 0 amide bonds. The van der Waals surface area contributed by atoms with Crippen LogP contribution in [0.3, 0.4) is 0 Å². The summed E-state index contributed by atoms with van der Waals surface area (Å²) in [5.41, 5.74) is 4.70. The number of carbonyl (C=O) groups excluding carboxylic acids is 1. The standard InChI is InChI=1S/C22H21BrN2O2/c1-15-12-16(2)25(24-15)14-19-13-17(5-11-22(19)27-3)4-10-21(26)18-6-8-20(23)9-7-18/h4-13H,14H2,1-3H3/b10-4+. The quantitative estimate of drug-likeness (QED) is 0.402. The first-order valence-corrected chi connectivity index (χ1v) is 9.41. The lowest BCUT2D eigenvalue weighted by atomic mass is 10.1. The molecule has 4 nitrogen and oxygen atoms in total. The molecule has 0 radical (unpaired) electrons. The highest BCUT2D eigenvalue weighted by Crippen LogP contribution is 2.22. The summed E-state index contributed by atoms with van der Waals surface area (Å²) in [6.45, 7) is 4.63. The van der Waals surface area contributed by atoms with Gasteiger partial charge in [0, 0.05) is 21.3 Å². The number of rotatable bonds is 6. The Balaban J connectivity index is 1.83. The second kappa shape index (κ2) is 8.35. The van der Waals surface area contributed by atoms with E-state index in [-0.39, 0.29) is 5.78 Å². The molecule has 0 atom stereocenters. The molecule has 0 saturated heterocycles. The number of hydrogen-bond acceptors (Lipinski definition) is 3. The summed E-state index contributed by atoms with van der Waals surface area (Å²) >= 11 is 3.38. The summed E-state index contributed by atoms with van der Waals surface area (Å²) < 4.78 is 8.39. The van der Waals surface area contributed by atoms with Crippen LogP contribution in [-0.4, -0.2) is 22.7 Å². The van der Waals surface area contributed by atoms with E-state index in [1.165, 1.54) is 0 Å². The molecule has 2 aromatic carbocycles. The highest BCUT2D eigenvalue weighted by Gasteiger charge is 2.08. The topological polar surface area (TPSA) is 44.1 Å². The number of methoxy groups -OCH3 is 1. The van der Waals surface area contributed by atoms with E-state index in [2.05, 4.69) is 21.0 Å². The molecule has 0 saturated carbocycles. The van der Waals surface area contributed by atoms with Crippen LogP contribution in [0.5, 0.6) is 5.75 Å². The molecule has 3 aromatic rings. The zero-order valence-corrected chi connectivity index (χ0v) is 17.2. The number of benzene rings is 2. The summed E-state index contributed by atoms with van der Waals surface area (Å²) in [7, 11) is 1.66. The highest BCUT2D eigenvalue weighted by molar-refractivity contribution is 9.10. The number of aromatic nitrogens is 2. The maximum atomic E-state index is 12.3. The SMILES string of the molecule is COc1ccc(/C=C/C(=O)c2ccc(Br)cc2)cc1Cn1nc(C)cc1C. The Morgan fingerprint density at radius 1 is 1.15 bits per heavy atom. The maximum absolute atomic E-state index is 12.3. The molecule has 138 valence electrons. The minimum Gasteiger partial charge on any atom is -0.496 e. The van der Waals surface area contributed by atoms with Crippen LogP contribution in [0.1, 0.15) is 32.9 Å². The minimum absolute atomic E-state index is 0.0292. The molecule has 0 aliphatic heterocycles. The molecule has 1 aromatic heterocycles. The van der Waals surface area contributed by atoms with Crippen molar-refractivity contribution in [3.05, 3.63) is 87.2 Å². The number of ketones is 1. The molecule has 1 heterocycles. The molecular weight excluding hydrogens is 404 g/mol. The van der Waals surface area contributed by atoms with E-state index < -0.39 is 0 Å². The van der Waals surface area contributed by atoms with Crippen LogP contribution in [0.2, 0.25) is 0 Å². The second-order valence-electron chi connectivity index (χ2n) is 6.36. The summed E-state index contributed by atoms with van der Waals surface area (Å²) in [5.74, 6) is 0.775. The average molecular weight is 425 g/mol. The first-order valence-electron chi connectivity index (χ1n) is 8.62. The van der Waals surface area contributed by atoms with Gasteiger partial charge in [0.05, 0.1) is 19.3 Å². The zero-order valence-electron chi connectivity index (χ0n) is 15.6. The van der Waals surface area contributed by atoms with Gasteiger partial charge in [-0.25, -0.2) is 0 Å². The maximum Gasteiger partial charge on any atom is 0.185 e. The van der Waals surface area contributed by atoms with Gasteiger partial charge in [-0.15, -0.1) is 0 Å². The minimum atomic E-state index is -0.0292. The van der Waals surface area contributed by atoms with Crippen molar-refractivity contribution in [1.29, 1.82) is 0 Å². The van der Waals surface area contributed by atoms with Crippen LogP contribution in [0.25, 0.3) is 6.08 Å². The van der Waals surface area contributed by atoms with Crippen molar-refractivity contribution in [2.45, 2.75) is 20.4 Å². The van der Waals surface area contributed by atoms with E-state index in [9.17, 15) is 4.79 Å². The molecule has 27 heavy (non-hydrogen) atoms. The molecule has 5 heteroatoms. The fraction of sp³-hybridized carbons (Fsp3) is 0.182. The molecule has 0 aliphatic rings. The monoisotopic (exact) mass is 424 g/mol. The average Bonchev–Trinajstić information content (AvgIpc) is 2.97. The Morgan fingerprint density at radius 2 is 1.89 bits per heavy atom.